The van der Waals surface area contributed by atoms with E-state index in [9.17, 15) is 9.59 Å². The van der Waals surface area contributed by atoms with Gasteiger partial charge in [-0.05, 0) is 45.2 Å². The van der Waals surface area contributed by atoms with Crippen molar-refractivity contribution < 1.29 is 14.3 Å². The molecule has 0 saturated carbocycles. The fraction of sp³-hybridized carbons (Fsp3) is 0.611. The monoisotopic (exact) mass is 367 g/mol. The minimum Gasteiger partial charge on any atom is -0.379 e. The number of ether oxygens (including phenoxy) is 1. The highest BCUT2D eigenvalue weighted by atomic mass is 35.5. The smallest absolute Gasteiger partial charge is 0.272 e. The molecule has 6 nitrogen and oxygen atoms in total. The first-order chi connectivity index (χ1) is 12.0. The van der Waals surface area contributed by atoms with E-state index in [-0.39, 0.29) is 23.8 Å². The van der Waals surface area contributed by atoms with Crippen LogP contribution in [0.5, 0.6) is 0 Å². The maximum Gasteiger partial charge on any atom is 0.272 e. The maximum absolute atomic E-state index is 12.4. The molecule has 2 amide bonds. The van der Waals surface area contributed by atoms with Crippen LogP contribution in [-0.4, -0.2) is 54.0 Å². The van der Waals surface area contributed by atoms with Crippen molar-refractivity contribution in [3.05, 3.63) is 29.0 Å². The van der Waals surface area contributed by atoms with Crippen LogP contribution in [0.2, 0.25) is 5.02 Å². The fourth-order valence-corrected chi connectivity index (χ4v) is 2.94. The highest BCUT2D eigenvalue weighted by Crippen LogP contribution is 2.19. The van der Waals surface area contributed by atoms with Crippen molar-refractivity contribution in [2.24, 2.45) is 5.92 Å². The third-order valence-corrected chi connectivity index (χ3v) is 4.40. The van der Waals surface area contributed by atoms with Gasteiger partial charge in [0.1, 0.15) is 5.69 Å². The highest BCUT2D eigenvalue weighted by molar-refractivity contribution is 6.30. The number of amides is 2. The summed E-state index contributed by atoms with van der Waals surface area (Å²) >= 11 is 5.91. The summed E-state index contributed by atoms with van der Waals surface area (Å²) in [6, 6.07) is 3.21. The maximum atomic E-state index is 12.4. The molecule has 0 unspecified atom stereocenters. The second kappa shape index (κ2) is 9.73. The zero-order valence-corrected chi connectivity index (χ0v) is 15.6. The van der Waals surface area contributed by atoms with E-state index in [1.807, 2.05) is 13.8 Å². The van der Waals surface area contributed by atoms with Gasteiger partial charge in [0.05, 0.1) is 6.10 Å². The number of rotatable bonds is 7. The predicted octanol–water partition coefficient (Wildman–Crippen LogP) is 2.52. The van der Waals surface area contributed by atoms with E-state index >= 15 is 0 Å². The Morgan fingerprint density at radius 3 is 2.76 bits per heavy atom. The van der Waals surface area contributed by atoms with Crippen LogP contribution >= 0.6 is 11.6 Å². The third-order valence-electron chi connectivity index (χ3n) is 4.17. The lowest BCUT2D eigenvalue weighted by Gasteiger charge is -2.31. The number of carbonyl (C=O) groups excluding carboxylic acids is 2. The van der Waals surface area contributed by atoms with Crippen molar-refractivity contribution in [3.8, 4) is 0 Å². The standard InChI is InChI=1S/C18H26ClN3O3/c1-13(2)25-11-3-7-21-17(23)14-5-9-22(10-6-14)18(24)16-12-15(19)4-8-20-16/h4,8,12-14H,3,5-7,9-11H2,1-2H3,(H,21,23). The number of hydrogen-bond donors (Lipinski definition) is 1. The Morgan fingerprint density at radius 1 is 1.40 bits per heavy atom. The molecule has 0 aliphatic carbocycles. The first-order valence-electron chi connectivity index (χ1n) is 8.77. The molecule has 1 fully saturated rings. The van der Waals surface area contributed by atoms with E-state index in [0.29, 0.717) is 49.8 Å². The van der Waals surface area contributed by atoms with Gasteiger partial charge in [-0.2, -0.15) is 0 Å². The van der Waals surface area contributed by atoms with Crippen LogP contribution in [0.1, 0.15) is 43.6 Å². The topological polar surface area (TPSA) is 71.5 Å². The van der Waals surface area contributed by atoms with Gasteiger partial charge in [-0.25, -0.2) is 0 Å². The summed E-state index contributed by atoms with van der Waals surface area (Å²) < 4.78 is 5.45. The second-order valence-corrected chi connectivity index (χ2v) is 6.93. The molecule has 138 valence electrons. The van der Waals surface area contributed by atoms with Gasteiger partial charge in [0.2, 0.25) is 5.91 Å². The largest absolute Gasteiger partial charge is 0.379 e. The quantitative estimate of drug-likeness (QED) is 0.752. The van der Waals surface area contributed by atoms with Crippen LogP contribution in [0.25, 0.3) is 0 Å². The molecular weight excluding hydrogens is 342 g/mol. The van der Waals surface area contributed by atoms with Gasteiger partial charge in [-0.15, -0.1) is 0 Å². The van der Waals surface area contributed by atoms with E-state index in [4.69, 9.17) is 16.3 Å². The van der Waals surface area contributed by atoms with Gasteiger partial charge >= 0.3 is 0 Å². The molecule has 2 heterocycles. The summed E-state index contributed by atoms with van der Waals surface area (Å²) in [4.78, 5) is 30.4. The molecule has 1 aliphatic rings. The number of nitrogens with one attached hydrogen (secondary N) is 1. The minimum absolute atomic E-state index is 0.0395. The van der Waals surface area contributed by atoms with E-state index in [1.54, 1.807) is 17.0 Å². The van der Waals surface area contributed by atoms with Gasteiger partial charge in [0.25, 0.3) is 5.91 Å². The number of pyridine rings is 1. The number of likely N-dealkylation sites (tertiary alicyclic amines) is 1. The molecule has 1 saturated heterocycles. The predicted molar refractivity (Wildman–Crippen MR) is 96.6 cm³/mol. The normalized spacial score (nSPS) is 15.4. The number of halogens is 1. The molecule has 1 aliphatic heterocycles. The molecule has 2 rings (SSSR count). The Bertz CT molecular complexity index is 587. The average Bonchev–Trinajstić information content (AvgIpc) is 2.60. The van der Waals surface area contributed by atoms with Crippen molar-refractivity contribution in [2.75, 3.05) is 26.2 Å². The molecule has 1 aromatic heterocycles. The van der Waals surface area contributed by atoms with Gasteiger partial charge in [-0.1, -0.05) is 11.6 Å². The summed E-state index contributed by atoms with van der Waals surface area (Å²) in [5, 5.41) is 3.45. The Hall–Kier alpha value is -1.66. The number of hydrogen-bond acceptors (Lipinski definition) is 4. The van der Waals surface area contributed by atoms with Gasteiger partial charge in [0, 0.05) is 43.4 Å². The molecule has 7 heteroatoms. The minimum atomic E-state index is -0.132. The van der Waals surface area contributed by atoms with Crippen LogP contribution in [0, 0.1) is 5.92 Å². The zero-order chi connectivity index (χ0) is 18.2. The van der Waals surface area contributed by atoms with Gasteiger partial charge < -0.3 is 15.0 Å². The Balaban J connectivity index is 1.72. The van der Waals surface area contributed by atoms with Gasteiger partial charge in [0.15, 0.2) is 0 Å². The summed E-state index contributed by atoms with van der Waals surface area (Å²) in [6.07, 6.45) is 3.88. The number of nitrogens with zero attached hydrogens (tertiary/aromatic N) is 2. The zero-order valence-electron chi connectivity index (χ0n) is 14.8. The van der Waals surface area contributed by atoms with Crippen LogP contribution in [0.15, 0.2) is 18.3 Å². The second-order valence-electron chi connectivity index (χ2n) is 6.49. The van der Waals surface area contributed by atoms with Crippen LogP contribution < -0.4 is 5.32 Å². The van der Waals surface area contributed by atoms with E-state index in [1.165, 1.54) is 6.20 Å². The van der Waals surface area contributed by atoms with Crippen molar-refractivity contribution in [3.63, 3.8) is 0 Å². The van der Waals surface area contributed by atoms with Crippen molar-refractivity contribution >= 4 is 23.4 Å². The number of carbonyl (C=O) groups is 2. The third kappa shape index (κ3) is 6.29. The summed E-state index contributed by atoms with van der Waals surface area (Å²) in [6.45, 7) is 6.37. The van der Waals surface area contributed by atoms with Crippen molar-refractivity contribution in [2.45, 2.75) is 39.2 Å². The number of piperidine rings is 1. The Morgan fingerprint density at radius 2 is 2.12 bits per heavy atom. The molecule has 25 heavy (non-hydrogen) atoms. The van der Waals surface area contributed by atoms with Crippen molar-refractivity contribution in [1.29, 1.82) is 0 Å². The first-order valence-corrected chi connectivity index (χ1v) is 9.15. The summed E-state index contributed by atoms with van der Waals surface area (Å²) in [5.41, 5.74) is 0.348. The van der Waals surface area contributed by atoms with E-state index < -0.39 is 0 Å². The molecule has 1 aromatic rings. The van der Waals surface area contributed by atoms with Crippen molar-refractivity contribution in [1.82, 2.24) is 15.2 Å². The van der Waals surface area contributed by atoms with E-state index in [2.05, 4.69) is 10.3 Å². The van der Waals surface area contributed by atoms with Crippen LogP contribution in [-0.2, 0) is 9.53 Å². The highest BCUT2D eigenvalue weighted by Gasteiger charge is 2.28. The SMILES string of the molecule is CC(C)OCCCNC(=O)C1CCN(C(=O)c2cc(Cl)ccn2)CC1. The first kappa shape index (κ1) is 19.7. The van der Waals surface area contributed by atoms with Crippen LogP contribution in [0.3, 0.4) is 0 Å². The lowest BCUT2D eigenvalue weighted by Crippen LogP contribution is -2.43. The molecular formula is C18H26ClN3O3. The molecule has 0 radical (unpaired) electrons. The molecule has 0 spiro atoms. The average molecular weight is 368 g/mol. The lowest BCUT2D eigenvalue weighted by atomic mass is 9.95. The molecule has 1 N–H and O–H groups in total. The summed E-state index contributed by atoms with van der Waals surface area (Å²) in [5.74, 6) is -0.105. The molecule has 0 bridgehead atoms. The number of aromatic nitrogens is 1. The molecule has 0 atom stereocenters. The Kier molecular flexibility index (Phi) is 7.65. The summed E-state index contributed by atoms with van der Waals surface area (Å²) in [7, 11) is 0. The van der Waals surface area contributed by atoms with Crippen LogP contribution in [0.4, 0.5) is 0 Å². The lowest BCUT2D eigenvalue weighted by molar-refractivity contribution is -0.126. The fourth-order valence-electron chi connectivity index (χ4n) is 2.78. The van der Waals surface area contributed by atoms with Gasteiger partial charge in [-0.3, -0.25) is 14.6 Å². The van der Waals surface area contributed by atoms with E-state index in [0.717, 1.165) is 6.42 Å². The Labute approximate surface area is 153 Å². The molecule has 0 aromatic carbocycles.